The second-order valence-electron chi connectivity index (χ2n) is 12.7. The van der Waals surface area contributed by atoms with Crippen molar-refractivity contribution in [1.82, 2.24) is 0 Å². The third kappa shape index (κ3) is 3.82. The lowest BCUT2D eigenvalue weighted by Crippen LogP contribution is -2.59. The summed E-state index contributed by atoms with van der Waals surface area (Å²) in [4.78, 5) is 0. The molecule has 5 nitrogen and oxygen atoms in total. The standard InChI is InChI=1S/C27H44O5/c1-24(2,31)10-6-11-26(4,32)23-21(29)14-20-18-8-7-16-13-17(28)9-12-25(16,3)19(18)15-22(30)27(20,23)5/h6-7,10,17-23,28-32H,8-9,11-15H2,1-5H3/b10-6+/t17-,18+,19-,20-,21-,22+,23+,25-,26-,27+/m0/s1. The first-order valence-electron chi connectivity index (χ1n) is 12.6. The Labute approximate surface area is 193 Å². The lowest BCUT2D eigenvalue weighted by Gasteiger charge is -2.60. The number of hydrogen-bond donors (Lipinski definition) is 5. The van der Waals surface area contributed by atoms with Gasteiger partial charge in [-0.1, -0.05) is 37.6 Å². The van der Waals surface area contributed by atoms with Crippen LogP contribution >= 0.6 is 0 Å². The first-order chi connectivity index (χ1) is 14.7. The van der Waals surface area contributed by atoms with Crippen LogP contribution in [0.15, 0.2) is 23.8 Å². The minimum Gasteiger partial charge on any atom is -0.393 e. The van der Waals surface area contributed by atoms with Crippen molar-refractivity contribution < 1.29 is 25.5 Å². The SMILES string of the molecule is CC(C)(O)/C=C/C[C@](C)(O)[C@H]1[C@@H](O)C[C@H]2[C@@H]3CC=C4C[C@@H](O)CC[C@]4(C)[C@H]3C[C@@H](O)[C@@]21C. The van der Waals surface area contributed by atoms with Gasteiger partial charge in [0.25, 0.3) is 0 Å². The molecule has 0 spiro atoms. The topological polar surface area (TPSA) is 101 Å². The quantitative estimate of drug-likeness (QED) is 0.425. The molecule has 4 rings (SSSR count). The highest BCUT2D eigenvalue weighted by Gasteiger charge is 2.67. The maximum absolute atomic E-state index is 11.6. The number of rotatable bonds is 4. The molecule has 3 fully saturated rings. The Kier molecular flexibility index (Phi) is 6.03. The number of allylic oxidation sites excluding steroid dienone is 1. The Morgan fingerprint density at radius 2 is 1.75 bits per heavy atom. The summed E-state index contributed by atoms with van der Waals surface area (Å²) >= 11 is 0. The highest BCUT2D eigenvalue weighted by Crippen LogP contribution is 2.67. The van der Waals surface area contributed by atoms with E-state index >= 15 is 0 Å². The van der Waals surface area contributed by atoms with Crippen LogP contribution in [0.2, 0.25) is 0 Å². The Morgan fingerprint density at radius 1 is 1.06 bits per heavy atom. The van der Waals surface area contributed by atoms with Gasteiger partial charge >= 0.3 is 0 Å². The summed E-state index contributed by atoms with van der Waals surface area (Å²) in [5.41, 5.74) is -1.35. The van der Waals surface area contributed by atoms with E-state index in [0.29, 0.717) is 31.1 Å². The highest BCUT2D eigenvalue weighted by molar-refractivity contribution is 5.27. The predicted molar refractivity (Wildman–Crippen MR) is 125 cm³/mol. The fourth-order valence-electron chi connectivity index (χ4n) is 8.43. The summed E-state index contributed by atoms with van der Waals surface area (Å²) in [6.07, 6.45) is 9.33. The van der Waals surface area contributed by atoms with Gasteiger partial charge < -0.3 is 25.5 Å². The molecule has 10 atom stereocenters. The van der Waals surface area contributed by atoms with Crippen molar-refractivity contribution in [3.8, 4) is 0 Å². The molecule has 0 aliphatic heterocycles. The van der Waals surface area contributed by atoms with Crippen molar-refractivity contribution in [2.75, 3.05) is 0 Å². The monoisotopic (exact) mass is 448 g/mol. The van der Waals surface area contributed by atoms with Crippen LogP contribution < -0.4 is 0 Å². The van der Waals surface area contributed by atoms with E-state index < -0.39 is 34.7 Å². The molecule has 3 saturated carbocycles. The molecule has 0 heterocycles. The van der Waals surface area contributed by atoms with Crippen LogP contribution in [0.5, 0.6) is 0 Å². The molecule has 32 heavy (non-hydrogen) atoms. The summed E-state index contributed by atoms with van der Waals surface area (Å²) in [6.45, 7) is 9.56. The molecule has 5 N–H and O–H groups in total. The molecular formula is C27H44O5. The van der Waals surface area contributed by atoms with Gasteiger partial charge in [0.1, 0.15) is 0 Å². The molecule has 5 heteroatoms. The van der Waals surface area contributed by atoms with Crippen molar-refractivity contribution in [1.29, 1.82) is 0 Å². The Bertz CT molecular complexity index is 779. The fraction of sp³-hybridized carbons (Fsp3) is 0.852. The van der Waals surface area contributed by atoms with Gasteiger partial charge in [0, 0.05) is 11.3 Å². The largest absolute Gasteiger partial charge is 0.393 e. The van der Waals surface area contributed by atoms with Gasteiger partial charge in [-0.05, 0) is 88.9 Å². The second-order valence-corrected chi connectivity index (χ2v) is 12.7. The maximum atomic E-state index is 11.6. The predicted octanol–water partition coefficient (Wildman–Crippen LogP) is 3.34. The number of fused-ring (bicyclic) bond motifs is 5. The van der Waals surface area contributed by atoms with Gasteiger partial charge in [-0.15, -0.1) is 0 Å². The lowest BCUT2D eigenvalue weighted by molar-refractivity contribution is -0.172. The van der Waals surface area contributed by atoms with Gasteiger partial charge in [0.15, 0.2) is 0 Å². The van der Waals surface area contributed by atoms with E-state index in [1.165, 1.54) is 5.57 Å². The lowest BCUT2D eigenvalue weighted by atomic mass is 9.46. The number of aliphatic hydroxyl groups excluding tert-OH is 3. The van der Waals surface area contributed by atoms with Crippen molar-refractivity contribution >= 4 is 0 Å². The van der Waals surface area contributed by atoms with E-state index in [-0.39, 0.29) is 17.4 Å². The Hall–Kier alpha value is -0.720. The second kappa shape index (κ2) is 7.91. The zero-order valence-corrected chi connectivity index (χ0v) is 20.5. The first-order valence-corrected chi connectivity index (χ1v) is 12.6. The number of hydrogen-bond acceptors (Lipinski definition) is 5. The van der Waals surface area contributed by atoms with Gasteiger partial charge in [0.2, 0.25) is 0 Å². The molecule has 4 aliphatic rings. The van der Waals surface area contributed by atoms with Crippen molar-refractivity contribution in [3.63, 3.8) is 0 Å². The van der Waals surface area contributed by atoms with Gasteiger partial charge in [-0.3, -0.25) is 0 Å². The Morgan fingerprint density at radius 3 is 2.41 bits per heavy atom. The molecule has 0 unspecified atom stereocenters. The maximum Gasteiger partial charge on any atom is 0.0771 e. The number of aliphatic hydroxyl groups is 5. The molecule has 182 valence electrons. The van der Waals surface area contributed by atoms with E-state index in [4.69, 9.17) is 0 Å². The van der Waals surface area contributed by atoms with Crippen LogP contribution in [-0.2, 0) is 0 Å². The van der Waals surface area contributed by atoms with Crippen LogP contribution in [0.25, 0.3) is 0 Å². The normalized spacial score (nSPS) is 48.6. The molecule has 0 saturated heterocycles. The van der Waals surface area contributed by atoms with Crippen molar-refractivity contribution in [2.24, 2.45) is 34.5 Å². The van der Waals surface area contributed by atoms with Crippen LogP contribution in [-0.4, -0.2) is 55.0 Å². The average Bonchev–Trinajstić information content (AvgIpc) is 2.94. The zero-order chi connectivity index (χ0) is 23.7. The third-order valence-corrected chi connectivity index (χ3v) is 9.95. The Balaban J connectivity index is 1.64. The minimum atomic E-state index is -1.19. The summed E-state index contributed by atoms with van der Waals surface area (Å²) in [7, 11) is 0. The highest BCUT2D eigenvalue weighted by atomic mass is 16.3. The van der Waals surface area contributed by atoms with E-state index in [1.54, 1.807) is 32.9 Å². The van der Waals surface area contributed by atoms with Crippen LogP contribution in [0, 0.1) is 34.5 Å². The molecule has 4 aliphatic carbocycles. The van der Waals surface area contributed by atoms with Crippen LogP contribution in [0.4, 0.5) is 0 Å². The fourth-order valence-corrected chi connectivity index (χ4v) is 8.43. The van der Waals surface area contributed by atoms with Crippen molar-refractivity contribution in [3.05, 3.63) is 23.8 Å². The molecule has 0 bridgehead atoms. The average molecular weight is 449 g/mol. The summed E-state index contributed by atoms with van der Waals surface area (Å²) in [5.74, 6) is 0.417. The molecule has 0 aromatic carbocycles. The van der Waals surface area contributed by atoms with E-state index in [0.717, 1.165) is 25.7 Å². The summed E-state index contributed by atoms with van der Waals surface area (Å²) in [5, 5.41) is 54.5. The van der Waals surface area contributed by atoms with E-state index in [2.05, 4.69) is 19.9 Å². The molecule has 0 aromatic heterocycles. The van der Waals surface area contributed by atoms with Gasteiger partial charge in [0.05, 0.1) is 29.5 Å². The van der Waals surface area contributed by atoms with Crippen LogP contribution in [0.1, 0.15) is 79.6 Å². The van der Waals surface area contributed by atoms with Gasteiger partial charge in [-0.25, -0.2) is 0 Å². The molecule has 0 aromatic rings. The first kappa shape index (κ1) is 24.4. The van der Waals surface area contributed by atoms with Crippen LogP contribution in [0.3, 0.4) is 0 Å². The third-order valence-electron chi connectivity index (χ3n) is 9.95. The smallest absolute Gasteiger partial charge is 0.0771 e. The molecular weight excluding hydrogens is 404 g/mol. The van der Waals surface area contributed by atoms with Gasteiger partial charge in [-0.2, -0.15) is 0 Å². The van der Waals surface area contributed by atoms with Crippen molar-refractivity contribution in [2.45, 2.75) is 109 Å². The minimum absolute atomic E-state index is 0.00542. The summed E-state index contributed by atoms with van der Waals surface area (Å²) < 4.78 is 0. The molecule has 0 radical (unpaired) electrons. The van der Waals surface area contributed by atoms with E-state index in [9.17, 15) is 25.5 Å². The van der Waals surface area contributed by atoms with E-state index in [1.807, 2.05) is 0 Å². The molecule has 0 amide bonds. The zero-order valence-electron chi connectivity index (χ0n) is 20.5. The summed E-state index contributed by atoms with van der Waals surface area (Å²) in [6, 6.07) is 0.